The van der Waals surface area contributed by atoms with E-state index in [1.165, 1.54) is 6.20 Å². The van der Waals surface area contributed by atoms with Crippen LogP contribution in [0, 0.1) is 0 Å². The second-order valence-corrected chi connectivity index (χ2v) is 3.31. The molecule has 1 aromatic rings. The largest absolute Gasteiger partial charge is 0.364 e. The summed E-state index contributed by atoms with van der Waals surface area (Å²) < 4.78 is 0. The fourth-order valence-corrected chi connectivity index (χ4v) is 1.12. The minimum atomic E-state index is -0.506. The van der Waals surface area contributed by atoms with Crippen LogP contribution in [0.3, 0.4) is 0 Å². The normalized spacial score (nSPS) is 11.2. The number of nitrogens with zero attached hydrogens (tertiary/aromatic N) is 1. The van der Waals surface area contributed by atoms with Crippen LogP contribution in [-0.4, -0.2) is 10.9 Å². The molecule has 1 heterocycles. The van der Waals surface area contributed by atoms with Gasteiger partial charge in [-0.05, 0) is 18.6 Å². The number of aromatic nitrogens is 1. The van der Waals surface area contributed by atoms with Crippen LogP contribution in [0.25, 0.3) is 0 Å². The highest BCUT2D eigenvalue weighted by molar-refractivity contribution is 6.30. The molecule has 4 nitrogen and oxygen atoms in total. The summed E-state index contributed by atoms with van der Waals surface area (Å²) in [6, 6.07) is 3.36. The number of anilines is 1. The number of amides is 1. The van der Waals surface area contributed by atoms with Gasteiger partial charge in [-0.15, -0.1) is 0 Å². The van der Waals surface area contributed by atoms with Crippen molar-refractivity contribution in [2.75, 3.05) is 5.32 Å². The molecule has 0 aliphatic heterocycles. The molecule has 0 aliphatic carbocycles. The van der Waals surface area contributed by atoms with Crippen LogP contribution in [0.4, 0.5) is 5.82 Å². The molecule has 3 N–H and O–H groups in total. The zero-order valence-electron chi connectivity index (χ0n) is 8.33. The predicted molar refractivity (Wildman–Crippen MR) is 60.4 cm³/mol. The molecule has 0 atom stereocenters. The van der Waals surface area contributed by atoms with Crippen molar-refractivity contribution in [1.82, 2.24) is 4.98 Å². The Kier molecular flexibility index (Phi) is 4.12. The molecule has 1 aromatic heterocycles. The van der Waals surface area contributed by atoms with Gasteiger partial charge in [-0.2, -0.15) is 0 Å². The van der Waals surface area contributed by atoms with Crippen molar-refractivity contribution in [3.8, 4) is 0 Å². The molecule has 1 amide bonds. The summed E-state index contributed by atoms with van der Waals surface area (Å²) in [5, 5.41) is 3.37. The number of rotatable bonds is 4. The zero-order valence-corrected chi connectivity index (χ0v) is 9.08. The summed E-state index contributed by atoms with van der Waals surface area (Å²) in [6.45, 7) is 1.92. The fraction of sp³-hybridized carbons (Fsp3) is 0.200. The Labute approximate surface area is 93.1 Å². The number of primary amides is 1. The lowest BCUT2D eigenvalue weighted by Gasteiger charge is -2.06. The van der Waals surface area contributed by atoms with Gasteiger partial charge >= 0.3 is 0 Å². The van der Waals surface area contributed by atoms with Crippen LogP contribution in [0.15, 0.2) is 30.1 Å². The highest BCUT2D eigenvalue weighted by Gasteiger charge is 2.04. The van der Waals surface area contributed by atoms with Crippen molar-refractivity contribution in [2.45, 2.75) is 13.3 Å². The Bertz CT molecular complexity index is 373. The maximum atomic E-state index is 11.0. The monoisotopic (exact) mass is 225 g/mol. The van der Waals surface area contributed by atoms with Crippen LogP contribution in [-0.2, 0) is 4.79 Å². The molecule has 0 aliphatic rings. The van der Waals surface area contributed by atoms with Gasteiger partial charge in [0.1, 0.15) is 11.5 Å². The molecule has 0 bridgehead atoms. The highest BCUT2D eigenvalue weighted by atomic mass is 35.5. The van der Waals surface area contributed by atoms with E-state index >= 15 is 0 Å². The van der Waals surface area contributed by atoms with Gasteiger partial charge in [0.15, 0.2) is 0 Å². The highest BCUT2D eigenvalue weighted by Crippen LogP contribution is 2.11. The first-order valence-corrected chi connectivity index (χ1v) is 4.89. The molecule has 0 aromatic carbocycles. The minimum absolute atomic E-state index is 0.340. The average molecular weight is 226 g/mol. The molecule has 0 unspecified atom stereocenters. The van der Waals surface area contributed by atoms with Gasteiger partial charge in [-0.3, -0.25) is 4.79 Å². The third-order valence-corrected chi connectivity index (χ3v) is 1.89. The Hall–Kier alpha value is -1.55. The maximum Gasteiger partial charge on any atom is 0.264 e. The second-order valence-electron chi connectivity index (χ2n) is 2.88. The van der Waals surface area contributed by atoms with Crippen molar-refractivity contribution < 1.29 is 4.79 Å². The van der Waals surface area contributed by atoms with Crippen LogP contribution >= 0.6 is 11.6 Å². The summed E-state index contributed by atoms with van der Waals surface area (Å²) in [7, 11) is 0. The first kappa shape index (κ1) is 11.5. The van der Waals surface area contributed by atoms with E-state index in [0.717, 1.165) is 6.42 Å². The lowest BCUT2D eigenvalue weighted by molar-refractivity contribution is -0.114. The third-order valence-electron chi connectivity index (χ3n) is 1.66. The fourth-order valence-electron chi connectivity index (χ4n) is 1.01. The van der Waals surface area contributed by atoms with Crippen LogP contribution in [0.2, 0.25) is 5.02 Å². The molecule has 0 spiro atoms. The summed E-state index contributed by atoms with van der Waals surface area (Å²) in [5.74, 6) is 0.0338. The van der Waals surface area contributed by atoms with Crippen molar-refractivity contribution in [2.24, 2.45) is 5.73 Å². The van der Waals surface area contributed by atoms with Crippen LogP contribution < -0.4 is 11.1 Å². The van der Waals surface area contributed by atoms with Gasteiger partial charge in [-0.25, -0.2) is 4.98 Å². The first-order valence-electron chi connectivity index (χ1n) is 4.52. The molecule has 5 heteroatoms. The van der Waals surface area contributed by atoms with Crippen molar-refractivity contribution in [3.63, 3.8) is 0 Å². The minimum Gasteiger partial charge on any atom is -0.364 e. The predicted octanol–water partition coefficient (Wildman–Crippen LogP) is 1.93. The Balaban J connectivity index is 2.79. The smallest absolute Gasteiger partial charge is 0.264 e. The van der Waals surface area contributed by atoms with E-state index < -0.39 is 5.91 Å². The lowest BCUT2D eigenvalue weighted by atomic mass is 10.3. The maximum absolute atomic E-state index is 11.0. The zero-order chi connectivity index (χ0) is 11.3. The molecular formula is C10H12ClN3O. The van der Waals surface area contributed by atoms with Gasteiger partial charge in [-0.1, -0.05) is 24.6 Å². The SMILES string of the molecule is CC/C=C(/Nc1ccc(Cl)cn1)C(N)=O. The molecule has 15 heavy (non-hydrogen) atoms. The average Bonchev–Trinajstić information content (AvgIpc) is 2.20. The number of carbonyl (C=O) groups is 1. The number of hydrogen-bond donors (Lipinski definition) is 2. The van der Waals surface area contributed by atoms with Gasteiger partial charge in [0.2, 0.25) is 0 Å². The van der Waals surface area contributed by atoms with Crippen LogP contribution in [0.1, 0.15) is 13.3 Å². The van der Waals surface area contributed by atoms with Crippen LogP contribution in [0.5, 0.6) is 0 Å². The number of nitrogens with one attached hydrogen (secondary N) is 1. The van der Waals surface area contributed by atoms with Gasteiger partial charge in [0.25, 0.3) is 5.91 Å². The Morgan fingerprint density at radius 1 is 1.67 bits per heavy atom. The van der Waals surface area contributed by atoms with Gasteiger partial charge in [0.05, 0.1) is 5.02 Å². The van der Waals surface area contributed by atoms with Crippen molar-refractivity contribution in [1.29, 1.82) is 0 Å². The standard InChI is InChI=1S/C10H12ClN3O/c1-2-3-8(10(12)15)14-9-5-4-7(11)6-13-9/h3-6H,2H2,1H3,(H2,12,15)(H,13,14)/b8-3+. The second kappa shape index (κ2) is 5.36. The number of nitrogens with two attached hydrogens (primary N) is 1. The summed E-state index contributed by atoms with van der Waals surface area (Å²) in [4.78, 5) is 15.0. The van der Waals surface area contributed by atoms with Gasteiger partial charge in [0, 0.05) is 6.20 Å². The van der Waals surface area contributed by atoms with E-state index in [0.29, 0.717) is 16.5 Å². The van der Waals surface area contributed by atoms with E-state index in [1.54, 1.807) is 18.2 Å². The van der Waals surface area contributed by atoms with Crippen molar-refractivity contribution >= 4 is 23.3 Å². The van der Waals surface area contributed by atoms with E-state index in [9.17, 15) is 4.79 Å². The van der Waals surface area contributed by atoms with E-state index in [-0.39, 0.29) is 0 Å². The molecule has 0 radical (unpaired) electrons. The third kappa shape index (κ3) is 3.59. The molecular weight excluding hydrogens is 214 g/mol. The molecule has 1 rings (SSSR count). The summed E-state index contributed by atoms with van der Waals surface area (Å²) in [5.41, 5.74) is 5.52. The molecule has 0 saturated carbocycles. The number of allylic oxidation sites excluding steroid dienone is 1. The number of carbonyl (C=O) groups excluding carboxylic acids is 1. The quantitative estimate of drug-likeness (QED) is 0.770. The first-order chi connectivity index (χ1) is 7.13. The molecule has 0 fully saturated rings. The Morgan fingerprint density at radius 3 is 2.87 bits per heavy atom. The van der Waals surface area contributed by atoms with Gasteiger partial charge < -0.3 is 11.1 Å². The van der Waals surface area contributed by atoms with E-state index in [4.69, 9.17) is 17.3 Å². The van der Waals surface area contributed by atoms with Crippen molar-refractivity contribution in [3.05, 3.63) is 35.1 Å². The number of pyridine rings is 1. The summed E-state index contributed by atoms with van der Waals surface area (Å²) in [6.07, 6.45) is 3.92. The number of halogens is 1. The molecule has 80 valence electrons. The summed E-state index contributed by atoms with van der Waals surface area (Å²) >= 11 is 5.68. The lowest BCUT2D eigenvalue weighted by Crippen LogP contribution is -2.20. The van der Waals surface area contributed by atoms with E-state index in [1.807, 2.05) is 6.92 Å². The topological polar surface area (TPSA) is 68.0 Å². The Morgan fingerprint density at radius 2 is 2.40 bits per heavy atom. The number of hydrogen-bond acceptors (Lipinski definition) is 3. The van der Waals surface area contributed by atoms with E-state index in [2.05, 4.69) is 10.3 Å². The molecule has 0 saturated heterocycles.